The summed E-state index contributed by atoms with van der Waals surface area (Å²) in [5.41, 5.74) is 0. The minimum Gasteiger partial charge on any atom is -0.329 e. The van der Waals surface area contributed by atoms with Crippen LogP contribution in [0, 0.1) is 0 Å². The lowest BCUT2D eigenvalue weighted by molar-refractivity contribution is -0.153. The minimum atomic E-state index is -0.403. The molecule has 1 aliphatic rings. The number of hydrogen-bond donors (Lipinski definition) is 0. The Balaban J connectivity index is 3.68. The van der Waals surface area contributed by atoms with Gasteiger partial charge in [-0.2, -0.15) is 0 Å². The van der Waals surface area contributed by atoms with Crippen molar-refractivity contribution in [2.45, 2.75) is 119 Å². The quantitative estimate of drug-likeness (QED) is 0.459. The van der Waals surface area contributed by atoms with Gasteiger partial charge >= 0.3 is 0 Å². The summed E-state index contributed by atoms with van der Waals surface area (Å²) in [6.45, 7) is 19.9. The normalized spacial score (nSPS) is 18.7. The summed E-state index contributed by atoms with van der Waals surface area (Å²) in [4.78, 5) is 89.6. The van der Waals surface area contributed by atoms with Crippen LogP contribution in [-0.2, 0) is 28.8 Å². The first kappa shape index (κ1) is 36.8. The molecular weight excluding hydrogens is 540 g/mol. The van der Waals surface area contributed by atoms with E-state index in [0.29, 0.717) is 0 Å². The van der Waals surface area contributed by atoms with Crippen molar-refractivity contribution >= 4 is 35.4 Å². The average molecular weight is 595 g/mol. The highest BCUT2D eigenvalue weighted by molar-refractivity contribution is 5.94. The molecule has 0 aromatic carbocycles. The number of carbonyl (C=O) groups is 6. The molecule has 0 spiro atoms. The van der Waals surface area contributed by atoms with Gasteiger partial charge in [-0.25, -0.2) is 0 Å². The van der Waals surface area contributed by atoms with Crippen LogP contribution in [0.3, 0.4) is 0 Å². The molecular formula is C30H54N6O6. The molecule has 12 heteroatoms. The molecule has 0 aromatic heterocycles. The summed E-state index contributed by atoms with van der Waals surface area (Å²) in [5, 5.41) is 0. The number of rotatable bonds is 6. The van der Waals surface area contributed by atoms with Crippen molar-refractivity contribution < 1.29 is 28.8 Å². The summed E-state index contributed by atoms with van der Waals surface area (Å²) in [5.74, 6) is -2.42. The van der Waals surface area contributed by atoms with Gasteiger partial charge in [-0.3, -0.25) is 28.8 Å². The van der Waals surface area contributed by atoms with E-state index in [1.165, 1.54) is 29.4 Å². The molecule has 240 valence electrons. The van der Waals surface area contributed by atoms with Crippen molar-refractivity contribution in [3.63, 3.8) is 0 Å². The molecule has 0 unspecified atom stereocenters. The lowest BCUT2D eigenvalue weighted by Crippen LogP contribution is -2.57. The number of carbonyl (C=O) groups excluding carboxylic acids is 6. The Kier molecular flexibility index (Phi) is 13.9. The molecule has 0 N–H and O–H groups in total. The van der Waals surface area contributed by atoms with E-state index in [1.54, 1.807) is 83.1 Å². The Morgan fingerprint density at radius 2 is 0.381 bits per heavy atom. The fourth-order valence-corrected chi connectivity index (χ4v) is 4.77. The minimum absolute atomic E-state index is 0.263. The third kappa shape index (κ3) is 9.97. The standard InChI is InChI=1S/C30H54N6O6/c1-19(2)31-13-26(38)33(21(5)6)15-28(40)35(23(9)10)17-30(42)36(24(11)12)18-29(41)34(22(7)8)16-27(39)32(20(3)4)14-25(31)37/h19-24H,13-18H2,1-12H3. The van der Waals surface area contributed by atoms with Crippen LogP contribution < -0.4 is 0 Å². The lowest BCUT2D eigenvalue weighted by Gasteiger charge is -2.38. The highest BCUT2D eigenvalue weighted by Crippen LogP contribution is 2.13. The van der Waals surface area contributed by atoms with E-state index in [0.717, 1.165) is 0 Å². The second-order valence-electron chi connectivity index (χ2n) is 12.7. The SMILES string of the molecule is CC(C)N1CC(=O)N(C(C)C)CC(=O)N(C(C)C)CC(=O)N(C(C)C)CC(=O)N(C(C)C)CC(=O)N(C(C)C)CC1=O. The average Bonchev–Trinajstić information content (AvgIpc) is 2.86. The maximum atomic E-state index is 13.5. The zero-order valence-electron chi connectivity index (χ0n) is 27.8. The lowest BCUT2D eigenvalue weighted by atomic mass is 10.2. The summed E-state index contributed by atoms with van der Waals surface area (Å²) >= 11 is 0. The van der Waals surface area contributed by atoms with Crippen LogP contribution >= 0.6 is 0 Å². The third-order valence-electron chi connectivity index (χ3n) is 7.50. The van der Waals surface area contributed by atoms with Crippen LogP contribution in [-0.4, -0.2) is 140 Å². The van der Waals surface area contributed by atoms with Crippen LogP contribution in [0.15, 0.2) is 0 Å². The van der Waals surface area contributed by atoms with E-state index >= 15 is 0 Å². The molecule has 0 bridgehead atoms. The molecule has 0 aromatic rings. The van der Waals surface area contributed by atoms with Crippen molar-refractivity contribution in [3.8, 4) is 0 Å². The molecule has 1 fully saturated rings. The molecule has 1 rings (SSSR count). The van der Waals surface area contributed by atoms with Gasteiger partial charge in [0.1, 0.15) is 39.3 Å². The van der Waals surface area contributed by atoms with Crippen molar-refractivity contribution in [2.75, 3.05) is 39.3 Å². The molecule has 0 aliphatic carbocycles. The van der Waals surface area contributed by atoms with E-state index < -0.39 is 35.4 Å². The van der Waals surface area contributed by atoms with E-state index in [-0.39, 0.29) is 75.5 Å². The van der Waals surface area contributed by atoms with Crippen molar-refractivity contribution in [2.24, 2.45) is 0 Å². The van der Waals surface area contributed by atoms with Crippen LogP contribution in [0.4, 0.5) is 0 Å². The highest BCUT2D eigenvalue weighted by Gasteiger charge is 2.34. The fraction of sp³-hybridized carbons (Fsp3) is 0.800. The zero-order chi connectivity index (χ0) is 32.6. The van der Waals surface area contributed by atoms with Crippen LogP contribution in [0.2, 0.25) is 0 Å². The van der Waals surface area contributed by atoms with Crippen LogP contribution in [0.1, 0.15) is 83.1 Å². The van der Waals surface area contributed by atoms with Gasteiger partial charge in [-0.1, -0.05) is 0 Å². The predicted octanol–water partition coefficient (Wildman–Crippen LogP) is 1.42. The smallest absolute Gasteiger partial charge is 0.242 e. The van der Waals surface area contributed by atoms with Crippen molar-refractivity contribution in [3.05, 3.63) is 0 Å². The van der Waals surface area contributed by atoms with Crippen LogP contribution in [0.25, 0.3) is 0 Å². The Morgan fingerprint density at radius 1 is 0.286 bits per heavy atom. The number of amides is 6. The summed E-state index contributed by atoms with van der Waals surface area (Å²) < 4.78 is 0. The molecule has 0 atom stereocenters. The third-order valence-corrected chi connectivity index (χ3v) is 7.50. The van der Waals surface area contributed by atoms with Gasteiger partial charge in [-0.05, 0) is 83.1 Å². The summed E-state index contributed by atoms with van der Waals surface area (Å²) in [6, 6.07) is -2.08. The topological polar surface area (TPSA) is 122 Å². The second-order valence-corrected chi connectivity index (χ2v) is 12.7. The van der Waals surface area contributed by atoms with Crippen molar-refractivity contribution in [1.29, 1.82) is 0 Å². The Hall–Kier alpha value is -3.18. The first-order chi connectivity index (χ1) is 19.3. The molecule has 1 saturated heterocycles. The summed E-state index contributed by atoms with van der Waals surface area (Å²) in [6.07, 6.45) is 0. The van der Waals surface area contributed by atoms with E-state index in [1.807, 2.05) is 0 Å². The van der Waals surface area contributed by atoms with Gasteiger partial charge in [0, 0.05) is 36.3 Å². The second kappa shape index (κ2) is 15.9. The van der Waals surface area contributed by atoms with Gasteiger partial charge in [0.05, 0.1) is 0 Å². The molecule has 0 radical (unpaired) electrons. The molecule has 0 saturated carbocycles. The predicted molar refractivity (Wildman–Crippen MR) is 161 cm³/mol. The van der Waals surface area contributed by atoms with Gasteiger partial charge in [0.25, 0.3) is 0 Å². The Bertz CT molecular complexity index is 791. The number of hydrogen-bond acceptors (Lipinski definition) is 6. The largest absolute Gasteiger partial charge is 0.329 e. The molecule has 42 heavy (non-hydrogen) atoms. The number of nitrogens with zero attached hydrogens (tertiary/aromatic N) is 6. The molecule has 1 heterocycles. The molecule has 6 amide bonds. The fourth-order valence-electron chi connectivity index (χ4n) is 4.77. The Labute approximate surface area is 252 Å². The van der Waals surface area contributed by atoms with Gasteiger partial charge in [-0.15, -0.1) is 0 Å². The van der Waals surface area contributed by atoms with Gasteiger partial charge < -0.3 is 29.4 Å². The zero-order valence-corrected chi connectivity index (χ0v) is 27.8. The van der Waals surface area contributed by atoms with E-state index in [2.05, 4.69) is 0 Å². The molecule has 12 nitrogen and oxygen atoms in total. The van der Waals surface area contributed by atoms with Gasteiger partial charge in [0.15, 0.2) is 0 Å². The maximum absolute atomic E-state index is 13.5. The highest BCUT2D eigenvalue weighted by atomic mass is 16.2. The first-order valence-corrected chi connectivity index (χ1v) is 15.1. The van der Waals surface area contributed by atoms with Crippen LogP contribution in [0.5, 0.6) is 0 Å². The monoisotopic (exact) mass is 594 g/mol. The van der Waals surface area contributed by atoms with E-state index in [4.69, 9.17) is 0 Å². The van der Waals surface area contributed by atoms with E-state index in [9.17, 15) is 28.8 Å². The Morgan fingerprint density at radius 3 is 0.452 bits per heavy atom. The first-order valence-electron chi connectivity index (χ1n) is 15.1. The molecule has 1 aliphatic heterocycles. The van der Waals surface area contributed by atoms with Gasteiger partial charge in [0.2, 0.25) is 35.4 Å². The summed E-state index contributed by atoms with van der Waals surface area (Å²) in [7, 11) is 0. The van der Waals surface area contributed by atoms with Crippen molar-refractivity contribution in [1.82, 2.24) is 29.4 Å². The maximum Gasteiger partial charge on any atom is 0.242 e.